The Bertz CT molecular complexity index is 767. The van der Waals surface area contributed by atoms with Gasteiger partial charge in [0.25, 0.3) is 5.91 Å². The highest BCUT2D eigenvalue weighted by Gasteiger charge is 2.22. The number of hydrogen-bond donors (Lipinski definition) is 3. The fraction of sp³-hybridized carbons (Fsp3) is 0.278. The van der Waals surface area contributed by atoms with Crippen molar-refractivity contribution in [3.63, 3.8) is 0 Å². The van der Waals surface area contributed by atoms with Gasteiger partial charge in [0, 0.05) is 19.0 Å². The number of carboxylic acids is 1. The highest BCUT2D eigenvalue weighted by molar-refractivity contribution is 5.98. The lowest BCUT2D eigenvalue weighted by molar-refractivity contribution is -0.122. The van der Waals surface area contributed by atoms with Crippen LogP contribution in [0, 0.1) is 0 Å². The standard InChI is InChI=1S/C18H20N2O5/c1-3-14-13(18(23)24)9-15(25-14)17(22)20-11(2)16(21)19-10-12-7-5-4-6-8-12/h4-9,11H,3,10H2,1-2H3,(H,19,21)(H,20,22)(H,23,24). The maximum absolute atomic E-state index is 12.2. The lowest BCUT2D eigenvalue weighted by Crippen LogP contribution is -2.44. The summed E-state index contributed by atoms with van der Waals surface area (Å²) in [6.07, 6.45) is 0.349. The molecule has 2 rings (SSSR count). The summed E-state index contributed by atoms with van der Waals surface area (Å²) in [5.41, 5.74) is 0.896. The maximum atomic E-state index is 12.2. The van der Waals surface area contributed by atoms with E-state index in [0.29, 0.717) is 13.0 Å². The number of carboxylic acid groups (broad SMARTS) is 1. The summed E-state index contributed by atoms with van der Waals surface area (Å²) in [5.74, 6) is -2.05. The first-order chi connectivity index (χ1) is 11.9. The van der Waals surface area contributed by atoms with Crippen LogP contribution in [-0.2, 0) is 17.8 Å². The Kier molecular flexibility index (Phi) is 5.94. The molecule has 132 valence electrons. The van der Waals surface area contributed by atoms with Gasteiger partial charge in [-0.3, -0.25) is 9.59 Å². The summed E-state index contributed by atoms with van der Waals surface area (Å²) in [7, 11) is 0. The Balaban J connectivity index is 1.95. The number of carbonyl (C=O) groups is 3. The Labute approximate surface area is 145 Å². The van der Waals surface area contributed by atoms with E-state index in [-0.39, 0.29) is 23.0 Å². The Morgan fingerprint density at radius 2 is 1.88 bits per heavy atom. The van der Waals surface area contributed by atoms with E-state index in [0.717, 1.165) is 5.56 Å². The van der Waals surface area contributed by atoms with Gasteiger partial charge in [-0.2, -0.15) is 0 Å². The first kappa shape index (κ1) is 18.3. The molecule has 3 N–H and O–H groups in total. The average Bonchev–Trinajstić information content (AvgIpc) is 3.05. The van der Waals surface area contributed by atoms with Crippen LogP contribution in [0.15, 0.2) is 40.8 Å². The summed E-state index contributed by atoms with van der Waals surface area (Å²) in [4.78, 5) is 35.3. The molecule has 7 nitrogen and oxygen atoms in total. The number of aryl methyl sites for hydroxylation is 1. The van der Waals surface area contributed by atoms with Crippen LogP contribution in [0.5, 0.6) is 0 Å². The number of rotatable bonds is 7. The molecule has 1 atom stereocenters. The quantitative estimate of drug-likeness (QED) is 0.711. The second-order valence-electron chi connectivity index (χ2n) is 5.50. The molecule has 1 aromatic heterocycles. The van der Waals surface area contributed by atoms with Crippen molar-refractivity contribution < 1.29 is 23.9 Å². The molecule has 0 aliphatic heterocycles. The fourth-order valence-electron chi connectivity index (χ4n) is 2.26. The van der Waals surface area contributed by atoms with Gasteiger partial charge in [0.2, 0.25) is 5.91 Å². The van der Waals surface area contributed by atoms with Gasteiger partial charge in [0.1, 0.15) is 17.4 Å². The Hall–Kier alpha value is -3.09. The molecular weight excluding hydrogens is 324 g/mol. The molecule has 0 saturated heterocycles. The topological polar surface area (TPSA) is 109 Å². The molecule has 0 bridgehead atoms. The van der Waals surface area contributed by atoms with E-state index in [1.54, 1.807) is 13.8 Å². The van der Waals surface area contributed by atoms with E-state index >= 15 is 0 Å². The van der Waals surface area contributed by atoms with Crippen molar-refractivity contribution in [1.82, 2.24) is 10.6 Å². The Morgan fingerprint density at radius 1 is 1.20 bits per heavy atom. The van der Waals surface area contributed by atoms with Gasteiger partial charge in [0.05, 0.1) is 0 Å². The van der Waals surface area contributed by atoms with Crippen molar-refractivity contribution in [2.75, 3.05) is 0 Å². The zero-order valence-electron chi connectivity index (χ0n) is 14.0. The number of furan rings is 1. The van der Waals surface area contributed by atoms with Gasteiger partial charge in [-0.15, -0.1) is 0 Å². The number of benzene rings is 1. The van der Waals surface area contributed by atoms with Gasteiger partial charge >= 0.3 is 5.97 Å². The Morgan fingerprint density at radius 3 is 2.44 bits per heavy atom. The number of carbonyl (C=O) groups excluding carboxylic acids is 2. The highest BCUT2D eigenvalue weighted by Crippen LogP contribution is 2.16. The second kappa shape index (κ2) is 8.14. The zero-order valence-corrected chi connectivity index (χ0v) is 14.0. The third-order valence-corrected chi connectivity index (χ3v) is 3.63. The molecule has 1 aromatic carbocycles. The average molecular weight is 344 g/mol. The minimum Gasteiger partial charge on any atom is -0.478 e. The number of nitrogens with one attached hydrogen (secondary N) is 2. The summed E-state index contributed by atoms with van der Waals surface area (Å²) in [6, 6.07) is 9.76. The zero-order chi connectivity index (χ0) is 18.4. The van der Waals surface area contributed by atoms with E-state index in [1.807, 2.05) is 30.3 Å². The van der Waals surface area contributed by atoms with Crippen LogP contribution in [0.25, 0.3) is 0 Å². The molecule has 0 radical (unpaired) electrons. The minimum atomic E-state index is -1.16. The molecule has 0 aliphatic rings. The van der Waals surface area contributed by atoms with Crippen molar-refractivity contribution >= 4 is 17.8 Å². The van der Waals surface area contributed by atoms with Crippen molar-refractivity contribution in [2.45, 2.75) is 32.9 Å². The monoisotopic (exact) mass is 344 g/mol. The largest absolute Gasteiger partial charge is 0.478 e. The summed E-state index contributed by atoms with van der Waals surface area (Å²) in [5, 5.41) is 14.3. The number of hydrogen-bond acceptors (Lipinski definition) is 4. The molecule has 2 amide bonds. The molecule has 0 aliphatic carbocycles. The van der Waals surface area contributed by atoms with Gasteiger partial charge in [-0.05, 0) is 12.5 Å². The van der Waals surface area contributed by atoms with Crippen LogP contribution in [0.4, 0.5) is 0 Å². The van der Waals surface area contributed by atoms with Crippen molar-refractivity contribution in [3.8, 4) is 0 Å². The first-order valence-electron chi connectivity index (χ1n) is 7.90. The van der Waals surface area contributed by atoms with E-state index in [9.17, 15) is 14.4 Å². The van der Waals surface area contributed by atoms with Crippen LogP contribution < -0.4 is 10.6 Å². The SMILES string of the molecule is CCc1oc(C(=O)NC(C)C(=O)NCc2ccccc2)cc1C(=O)O. The summed E-state index contributed by atoms with van der Waals surface area (Å²) < 4.78 is 5.27. The van der Waals surface area contributed by atoms with Crippen LogP contribution in [0.1, 0.15) is 46.1 Å². The normalized spacial score (nSPS) is 11.6. The molecule has 7 heteroatoms. The smallest absolute Gasteiger partial charge is 0.339 e. The van der Waals surface area contributed by atoms with Crippen LogP contribution in [0.2, 0.25) is 0 Å². The lowest BCUT2D eigenvalue weighted by Gasteiger charge is -2.13. The third-order valence-electron chi connectivity index (χ3n) is 3.63. The van der Waals surface area contributed by atoms with Gasteiger partial charge in [0.15, 0.2) is 5.76 Å². The molecule has 0 fully saturated rings. The molecular formula is C18H20N2O5. The molecule has 1 unspecified atom stereocenters. The predicted octanol–water partition coefficient (Wildman–Crippen LogP) is 1.97. The summed E-state index contributed by atoms with van der Waals surface area (Å²) >= 11 is 0. The van der Waals surface area contributed by atoms with Crippen LogP contribution in [0.3, 0.4) is 0 Å². The molecule has 2 aromatic rings. The fourth-order valence-corrected chi connectivity index (χ4v) is 2.26. The second-order valence-corrected chi connectivity index (χ2v) is 5.50. The number of amides is 2. The van der Waals surface area contributed by atoms with Crippen LogP contribution >= 0.6 is 0 Å². The lowest BCUT2D eigenvalue weighted by atomic mass is 10.2. The molecule has 25 heavy (non-hydrogen) atoms. The van der Waals surface area contributed by atoms with Crippen molar-refractivity contribution in [1.29, 1.82) is 0 Å². The number of aromatic carboxylic acids is 1. The van der Waals surface area contributed by atoms with E-state index in [4.69, 9.17) is 9.52 Å². The predicted molar refractivity (Wildman–Crippen MR) is 90.3 cm³/mol. The van der Waals surface area contributed by atoms with E-state index in [2.05, 4.69) is 10.6 Å². The van der Waals surface area contributed by atoms with Gasteiger partial charge < -0.3 is 20.2 Å². The van der Waals surface area contributed by atoms with Crippen molar-refractivity contribution in [2.24, 2.45) is 0 Å². The van der Waals surface area contributed by atoms with Gasteiger partial charge in [-0.1, -0.05) is 37.3 Å². The molecule has 1 heterocycles. The van der Waals surface area contributed by atoms with Crippen molar-refractivity contribution in [3.05, 3.63) is 59.0 Å². The van der Waals surface area contributed by atoms with Crippen LogP contribution in [-0.4, -0.2) is 28.9 Å². The van der Waals surface area contributed by atoms with E-state index < -0.39 is 17.9 Å². The molecule has 0 saturated carbocycles. The minimum absolute atomic E-state index is 0.0474. The summed E-state index contributed by atoms with van der Waals surface area (Å²) in [6.45, 7) is 3.62. The molecule has 0 spiro atoms. The third kappa shape index (κ3) is 4.69. The first-order valence-corrected chi connectivity index (χ1v) is 7.90. The van der Waals surface area contributed by atoms with Gasteiger partial charge in [-0.25, -0.2) is 4.79 Å². The highest BCUT2D eigenvalue weighted by atomic mass is 16.4. The maximum Gasteiger partial charge on any atom is 0.339 e. The van der Waals surface area contributed by atoms with E-state index in [1.165, 1.54) is 6.07 Å².